The van der Waals surface area contributed by atoms with Gasteiger partial charge in [-0.2, -0.15) is 0 Å². The second-order valence-corrected chi connectivity index (χ2v) is 6.61. The largest absolute Gasteiger partial charge is 0.374 e. The van der Waals surface area contributed by atoms with Crippen molar-refractivity contribution >= 4 is 5.91 Å². The third-order valence-electron chi connectivity index (χ3n) is 3.88. The van der Waals surface area contributed by atoms with Crippen LogP contribution < -0.4 is 5.32 Å². The first-order valence-corrected chi connectivity index (χ1v) is 8.72. The van der Waals surface area contributed by atoms with Gasteiger partial charge in [0.05, 0.1) is 12.7 Å². The SMILES string of the molecule is CCCCCCCC(=O)NCC1CN(CC(C)C)CCO1. The van der Waals surface area contributed by atoms with Crippen molar-refractivity contribution < 1.29 is 9.53 Å². The number of rotatable bonds is 10. The van der Waals surface area contributed by atoms with Gasteiger partial charge in [-0.15, -0.1) is 0 Å². The third kappa shape index (κ3) is 9.10. The number of carbonyl (C=O) groups is 1. The topological polar surface area (TPSA) is 41.6 Å². The van der Waals surface area contributed by atoms with Gasteiger partial charge in [0.25, 0.3) is 0 Å². The number of carbonyl (C=O) groups excluding carboxylic acids is 1. The average molecular weight is 298 g/mol. The van der Waals surface area contributed by atoms with E-state index in [0.29, 0.717) is 18.9 Å². The molecule has 0 aromatic heterocycles. The summed E-state index contributed by atoms with van der Waals surface area (Å²) >= 11 is 0. The van der Waals surface area contributed by atoms with Crippen LogP contribution in [-0.4, -0.2) is 49.7 Å². The molecule has 4 heteroatoms. The molecule has 0 spiro atoms. The van der Waals surface area contributed by atoms with Crippen molar-refractivity contribution in [3.63, 3.8) is 0 Å². The van der Waals surface area contributed by atoms with E-state index in [2.05, 4.69) is 31.0 Å². The summed E-state index contributed by atoms with van der Waals surface area (Å²) in [6.45, 7) is 11.2. The first-order valence-electron chi connectivity index (χ1n) is 8.72. The third-order valence-corrected chi connectivity index (χ3v) is 3.88. The molecule has 124 valence electrons. The number of morpholine rings is 1. The van der Waals surface area contributed by atoms with E-state index in [0.717, 1.165) is 32.7 Å². The smallest absolute Gasteiger partial charge is 0.220 e. The van der Waals surface area contributed by atoms with Crippen LogP contribution in [0.15, 0.2) is 0 Å². The van der Waals surface area contributed by atoms with Crippen molar-refractivity contribution in [1.82, 2.24) is 10.2 Å². The Bertz CT molecular complexity index is 282. The number of amides is 1. The highest BCUT2D eigenvalue weighted by Gasteiger charge is 2.21. The van der Waals surface area contributed by atoms with Crippen LogP contribution in [0.2, 0.25) is 0 Å². The Morgan fingerprint density at radius 3 is 2.76 bits per heavy atom. The number of hydrogen-bond donors (Lipinski definition) is 1. The molecule has 0 aromatic carbocycles. The molecule has 0 aliphatic carbocycles. The monoisotopic (exact) mass is 298 g/mol. The second kappa shape index (κ2) is 11.0. The standard InChI is InChI=1S/C17H34N2O2/c1-4-5-6-7-8-9-17(20)18-12-16-14-19(10-11-21-16)13-15(2)3/h15-16H,4-14H2,1-3H3,(H,18,20). The van der Waals surface area contributed by atoms with Gasteiger partial charge in [0.2, 0.25) is 5.91 Å². The van der Waals surface area contributed by atoms with Crippen LogP contribution in [0.25, 0.3) is 0 Å². The quantitative estimate of drug-likeness (QED) is 0.631. The summed E-state index contributed by atoms with van der Waals surface area (Å²) in [5.74, 6) is 0.859. The van der Waals surface area contributed by atoms with Crippen LogP contribution in [0.4, 0.5) is 0 Å². The predicted octanol–water partition coefficient (Wildman–Crippen LogP) is 2.82. The van der Waals surface area contributed by atoms with Crippen LogP contribution in [0, 0.1) is 5.92 Å². The number of nitrogens with zero attached hydrogens (tertiary/aromatic N) is 1. The first-order chi connectivity index (χ1) is 10.1. The lowest BCUT2D eigenvalue weighted by atomic mass is 10.1. The first kappa shape index (κ1) is 18.4. The summed E-state index contributed by atoms with van der Waals surface area (Å²) < 4.78 is 5.74. The molecule has 1 N–H and O–H groups in total. The van der Waals surface area contributed by atoms with E-state index in [4.69, 9.17) is 4.74 Å². The molecular formula is C17H34N2O2. The number of nitrogens with one attached hydrogen (secondary N) is 1. The molecule has 0 bridgehead atoms. The molecule has 1 unspecified atom stereocenters. The summed E-state index contributed by atoms with van der Waals surface area (Å²) in [5, 5.41) is 3.03. The molecule has 1 rings (SSSR count). The van der Waals surface area contributed by atoms with Crippen LogP contribution in [0.1, 0.15) is 59.3 Å². The van der Waals surface area contributed by atoms with Crippen LogP contribution >= 0.6 is 0 Å². The van der Waals surface area contributed by atoms with Gasteiger partial charge in [-0.25, -0.2) is 0 Å². The van der Waals surface area contributed by atoms with Crippen molar-refractivity contribution in [2.75, 3.05) is 32.8 Å². The molecule has 1 fully saturated rings. The molecule has 4 nitrogen and oxygen atoms in total. The fourth-order valence-electron chi connectivity index (χ4n) is 2.79. The lowest BCUT2D eigenvalue weighted by Gasteiger charge is -2.33. The Morgan fingerprint density at radius 2 is 2.05 bits per heavy atom. The summed E-state index contributed by atoms with van der Waals surface area (Å²) in [6.07, 6.45) is 6.77. The number of unbranched alkanes of at least 4 members (excludes halogenated alkanes) is 4. The Labute approximate surface area is 130 Å². The van der Waals surface area contributed by atoms with Crippen molar-refractivity contribution in [2.24, 2.45) is 5.92 Å². The maximum atomic E-state index is 11.8. The van der Waals surface area contributed by atoms with Gasteiger partial charge in [0.15, 0.2) is 0 Å². The zero-order valence-corrected chi connectivity index (χ0v) is 14.2. The maximum Gasteiger partial charge on any atom is 0.220 e. The number of ether oxygens (including phenoxy) is 1. The fourth-order valence-corrected chi connectivity index (χ4v) is 2.79. The van der Waals surface area contributed by atoms with E-state index in [1.165, 1.54) is 25.7 Å². The zero-order valence-electron chi connectivity index (χ0n) is 14.2. The Balaban J connectivity index is 2.09. The minimum atomic E-state index is 0.154. The van der Waals surface area contributed by atoms with E-state index >= 15 is 0 Å². The zero-order chi connectivity index (χ0) is 15.5. The summed E-state index contributed by atoms with van der Waals surface area (Å²) in [6, 6.07) is 0. The second-order valence-electron chi connectivity index (χ2n) is 6.61. The van der Waals surface area contributed by atoms with Gasteiger partial charge in [-0.1, -0.05) is 46.5 Å². The summed E-state index contributed by atoms with van der Waals surface area (Å²) in [7, 11) is 0. The molecule has 1 heterocycles. The molecule has 0 aromatic rings. The molecule has 0 saturated carbocycles. The van der Waals surface area contributed by atoms with E-state index in [-0.39, 0.29) is 12.0 Å². The van der Waals surface area contributed by atoms with E-state index in [9.17, 15) is 4.79 Å². The highest BCUT2D eigenvalue weighted by atomic mass is 16.5. The van der Waals surface area contributed by atoms with Crippen molar-refractivity contribution in [3.05, 3.63) is 0 Å². The van der Waals surface area contributed by atoms with Gasteiger partial charge >= 0.3 is 0 Å². The lowest BCUT2D eigenvalue weighted by Crippen LogP contribution is -2.48. The van der Waals surface area contributed by atoms with Gasteiger partial charge in [-0.05, 0) is 12.3 Å². The van der Waals surface area contributed by atoms with Gasteiger partial charge in [0, 0.05) is 32.6 Å². The minimum Gasteiger partial charge on any atom is -0.374 e. The molecule has 1 saturated heterocycles. The number of hydrogen-bond acceptors (Lipinski definition) is 3. The van der Waals surface area contributed by atoms with Gasteiger partial charge in [-0.3, -0.25) is 9.69 Å². The van der Waals surface area contributed by atoms with E-state index in [1.807, 2.05) is 0 Å². The van der Waals surface area contributed by atoms with Gasteiger partial charge < -0.3 is 10.1 Å². The van der Waals surface area contributed by atoms with Crippen LogP contribution in [0.3, 0.4) is 0 Å². The maximum absolute atomic E-state index is 11.8. The van der Waals surface area contributed by atoms with Crippen molar-refractivity contribution in [3.8, 4) is 0 Å². The van der Waals surface area contributed by atoms with E-state index in [1.54, 1.807) is 0 Å². The lowest BCUT2D eigenvalue weighted by molar-refractivity contribution is -0.122. The highest BCUT2D eigenvalue weighted by Crippen LogP contribution is 2.08. The molecule has 0 radical (unpaired) electrons. The van der Waals surface area contributed by atoms with Crippen LogP contribution in [0.5, 0.6) is 0 Å². The highest BCUT2D eigenvalue weighted by molar-refractivity contribution is 5.75. The normalized spacial score (nSPS) is 19.9. The summed E-state index contributed by atoms with van der Waals surface area (Å²) in [4.78, 5) is 14.2. The molecule has 1 aliphatic heterocycles. The minimum absolute atomic E-state index is 0.154. The Hall–Kier alpha value is -0.610. The average Bonchev–Trinajstić information content (AvgIpc) is 2.44. The Kier molecular flexibility index (Phi) is 9.68. The fraction of sp³-hybridized carbons (Fsp3) is 0.941. The Morgan fingerprint density at radius 1 is 1.29 bits per heavy atom. The molecule has 1 amide bonds. The van der Waals surface area contributed by atoms with Crippen molar-refractivity contribution in [1.29, 1.82) is 0 Å². The molecule has 21 heavy (non-hydrogen) atoms. The molecular weight excluding hydrogens is 264 g/mol. The summed E-state index contributed by atoms with van der Waals surface area (Å²) in [5.41, 5.74) is 0. The predicted molar refractivity (Wildman–Crippen MR) is 87.4 cm³/mol. The van der Waals surface area contributed by atoms with E-state index < -0.39 is 0 Å². The van der Waals surface area contributed by atoms with Gasteiger partial charge in [0.1, 0.15) is 0 Å². The molecule has 1 atom stereocenters. The van der Waals surface area contributed by atoms with Crippen LogP contribution in [-0.2, 0) is 9.53 Å². The van der Waals surface area contributed by atoms with Crippen molar-refractivity contribution in [2.45, 2.75) is 65.4 Å². The molecule has 1 aliphatic rings.